The van der Waals surface area contributed by atoms with Gasteiger partial charge in [-0.3, -0.25) is 4.79 Å². The van der Waals surface area contributed by atoms with Gasteiger partial charge >= 0.3 is 0 Å². The summed E-state index contributed by atoms with van der Waals surface area (Å²) in [5.41, 5.74) is 3.34. The Labute approximate surface area is 133 Å². The van der Waals surface area contributed by atoms with Crippen LogP contribution < -0.4 is 10.6 Å². The molecule has 0 heterocycles. The van der Waals surface area contributed by atoms with Gasteiger partial charge in [0.25, 0.3) is 5.91 Å². The summed E-state index contributed by atoms with van der Waals surface area (Å²) in [6, 6.07) is 13.6. The second-order valence-corrected chi connectivity index (χ2v) is 6.03. The van der Waals surface area contributed by atoms with Crippen molar-refractivity contribution in [2.45, 2.75) is 26.8 Å². The monoisotopic (exact) mass is 346 g/mol. The zero-order valence-electron chi connectivity index (χ0n) is 12.4. The van der Waals surface area contributed by atoms with E-state index in [-0.39, 0.29) is 11.9 Å². The molecule has 1 amide bonds. The summed E-state index contributed by atoms with van der Waals surface area (Å²) >= 11 is 3.51. The largest absolute Gasteiger partial charge is 0.382 e. The van der Waals surface area contributed by atoms with Crippen LogP contribution in [0.3, 0.4) is 0 Å². The minimum atomic E-state index is -0.120. The van der Waals surface area contributed by atoms with E-state index in [1.807, 2.05) is 63.2 Å². The Bertz CT molecular complexity index is 653. The van der Waals surface area contributed by atoms with E-state index in [0.717, 1.165) is 21.4 Å². The van der Waals surface area contributed by atoms with Crippen LogP contribution in [0.25, 0.3) is 0 Å². The molecule has 0 atom stereocenters. The smallest absolute Gasteiger partial charge is 0.257 e. The summed E-state index contributed by atoms with van der Waals surface area (Å²) in [4.78, 5) is 12.5. The number of carbonyl (C=O) groups excluding carboxylic acids is 1. The Hall–Kier alpha value is -1.81. The summed E-state index contributed by atoms with van der Waals surface area (Å²) in [5.74, 6) is -0.120. The van der Waals surface area contributed by atoms with Gasteiger partial charge in [-0.1, -0.05) is 24.3 Å². The fourth-order valence-electron chi connectivity index (χ4n) is 2.05. The van der Waals surface area contributed by atoms with Crippen molar-refractivity contribution >= 4 is 33.2 Å². The summed E-state index contributed by atoms with van der Waals surface area (Å²) in [6.45, 7) is 6.09. The fraction of sp³-hybridized carbons (Fsp3) is 0.235. The molecule has 110 valence electrons. The topological polar surface area (TPSA) is 41.1 Å². The molecule has 2 aromatic carbocycles. The van der Waals surface area contributed by atoms with Crippen LogP contribution in [0.1, 0.15) is 29.8 Å². The number of rotatable bonds is 4. The first-order valence-electron chi connectivity index (χ1n) is 6.91. The fourth-order valence-corrected chi connectivity index (χ4v) is 2.42. The Balaban J connectivity index is 2.27. The molecule has 2 rings (SSSR count). The molecule has 0 saturated heterocycles. The molecule has 4 heteroatoms. The third kappa shape index (κ3) is 3.85. The summed E-state index contributed by atoms with van der Waals surface area (Å²) in [7, 11) is 0. The number of nitrogens with one attached hydrogen (secondary N) is 2. The molecule has 0 saturated carbocycles. The predicted octanol–water partition coefficient (Wildman–Crippen LogP) is 4.83. The van der Waals surface area contributed by atoms with Crippen molar-refractivity contribution in [1.82, 2.24) is 0 Å². The molecule has 0 radical (unpaired) electrons. The van der Waals surface area contributed by atoms with Crippen LogP contribution in [0.2, 0.25) is 0 Å². The standard InChI is InChI=1S/C17H19BrN2O/c1-11(2)19-14-9-5-4-8-13(14)17(21)20-15-10-6-7-12(3)16(15)18/h4-11,19H,1-3H3,(H,20,21). The van der Waals surface area contributed by atoms with Gasteiger partial charge in [-0.15, -0.1) is 0 Å². The van der Waals surface area contributed by atoms with Crippen molar-refractivity contribution < 1.29 is 4.79 Å². The van der Waals surface area contributed by atoms with E-state index in [2.05, 4.69) is 26.6 Å². The quantitative estimate of drug-likeness (QED) is 0.832. The molecular weight excluding hydrogens is 328 g/mol. The van der Waals surface area contributed by atoms with E-state index in [1.165, 1.54) is 0 Å². The molecule has 0 unspecified atom stereocenters. The highest BCUT2D eigenvalue weighted by Crippen LogP contribution is 2.27. The first-order chi connectivity index (χ1) is 9.99. The number of para-hydroxylation sites is 1. The predicted molar refractivity (Wildman–Crippen MR) is 92.0 cm³/mol. The zero-order chi connectivity index (χ0) is 15.4. The number of aryl methyl sites for hydroxylation is 1. The number of halogens is 1. The van der Waals surface area contributed by atoms with Crippen molar-refractivity contribution in [1.29, 1.82) is 0 Å². The van der Waals surface area contributed by atoms with E-state index in [9.17, 15) is 4.79 Å². The van der Waals surface area contributed by atoms with Crippen LogP contribution in [-0.2, 0) is 0 Å². The van der Waals surface area contributed by atoms with Crippen LogP contribution in [-0.4, -0.2) is 11.9 Å². The van der Waals surface area contributed by atoms with Crippen LogP contribution in [0, 0.1) is 6.92 Å². The highest BCUT2D eigenvalue weighted by atomic mass is 79.9. The van der Waals surface area contributed by atoms with E-state index in [4.69, 9.17) is 0 Å². The lowest BCUT2D eigenvalue weighted by molar-refractivity contribution is 0.102. The first kappa shape index (κ1) is 15.6. The number of carbonyl (C=O) groups is 1. The van der Waals surface area contributed by atoms with Gasteiger partial charge in [0.15, 0.2) is 0 Å². The van der Waals surface area contributed by atoms with Crippen LogP contribution >= 0.6 is 15.9 Å². The van der Waals surface area contributed by atoms with Gasteiger partial charge in [-0.05, 0) is 60.5 Å². The molecule has 0 aliphatic heterocycles. The number of anilines is 2. The van der Waals surface area contributed by atoms with Crippen molar-refractivity contribution in [3.05, 3.63) is 58.1 Å². The van der Waals surface area contributed by atoms with E-state index >= 15 is 0 Å². The average molecular weight is 347 g/mol. The van der Waals surface area contributed by atoms with Crippen molar-refractivity contribution in [3.63, 3.8) is 0 Å². The number of hydrogen-bond acceptors (Lipinski definition) is 2. The Kier molecular flexibility index (Phi) is 5.02. The lowest BCUT2D eigenvalue weighted by Crippen LogP contribution is -2.17. The van der Waals surface area contributed by atoms with Crippen molar-refractivity contribution in [2.75, 3.05) is 10.6 Å². The van der Waals surface area contributed by atoms with Gasteiger partial charge in [0.1, 0.15) is 0 Å². The Morgan fingerprint density at radius 1 is 1.05 bits per heavy atom. The molecule has 0 bridgehead atoms. The highest BCUT2D eigenvalue weighted by Gasteiger charge is 2.13. The lowest BCUT2D eigenvalue weighted by atomic mass is 10.1. The van der Waals surface area contributed by atoms with E-state index in [0.29, 0.717) is 5.56 Å². The highest BCUT2D eigenvalue weighted by molar-refractivity contribution is 9.10. The number of hydrogen-bond donors (Lipinski definition) is 2. The molecule has 0 fully saturated rings. The molecule has 0 aliphatic rings. The minimum Gasteiger partial charge on any atom is -0.382 e. The van der Waals surface area contributed by atoms with Crippen LogP contribution in [0.15, 0.2) is 46.9 Å². The normalized spacial score (nSPS) is 10.5. The van der Waals surface area contributed by atoms with Crippen LogP contribution in [0.4, 0.5) is 11.4 Å². The summed E-state index contributed by atoms with van der Waals surface area (Å²) < 4.78 is 0.910. The third-order valence-corrected chi connectivity index (χ3v) is 4.11. The van der Waals surface area contributed by atoms with Gasteiger partial charge in [-0.25, -0.2) is 0 Å². The second kappa shape index (κ2) is 6.76. The van der Waals surface area contributed by atoms with Gasteiger partial charge < -0.3 is 10.6 Å². The maximum atomic E-state index is 12.5. The van der Waals surface area contributed by atoms with Gasteiger partial charge in [0.05, 0.1) is 11.3 Å². The molecular formula is C17H19BrN2O. The lowest BCUT2D eigenvalue weighted by Gasteiger charge is -2.15. The molecule has 3 nitrogen and oxygen atoms in total. The number of amides is 1. The summed E-state index contributed by atoms with van der Waals surface area (Å²) in [6.07, 6.45) is 0. The molecule has 2 N–H and O–H groups in total. The third-order valence-electron chi connectivity index (χ3n) is 3.06. The number of benzene rings is 2. The van der Waals surface area contributed by atoms with Gasteiger partial charge in [0, 0.05) is 16.2 Å². The van der Waals surface area contributed by atoms with Crippen molar-refractivity contribution in [2.24, 2.45) is 0 Å². The SMILES string of the molecule is Cc1cccc(NC(=O)c2ccccc2NC(C)C)c1Br. The van der Waals surface area contributed by atoms with E-state index in [1.54, 1.807) is 0 Å². The first-order valence-corrected chi connectivity index (χ1v) is 7.70. The molecule has 0 spiro atoms. The molecule has 0 aliphatic carbocycles. The van der Waals surface area contributed by atoms with Crippen LogP contribution in [0.5, 0.6) is 0 Å². The molecule has 2 aromatic rings. The maximum absolute atomic E-state index is 12.5. The molecule has 0 aromatic heterocycles. The van der Waals surface area contributed by atoms with Gasteiger partial charge in [0.2, 0.25) is 0 Å². The maximum Gasteiger partial charge on any atom is 0.257 e. The Morgan fingerprint density at radius 3 is 2.43 bits per heavy atom. The van der Waals surface area contributed by atoms with Gasteiger partial charge in [-0.2, -0.15) is 0 Å². The zero-order valence-corrected chi connectivity index (χ0v) is 14.0. The molecule has 21 heavy (non-hydrogen) atoms. The second-order valence-electron chi connectivity index (χ2n) is 5.24. The minimum absolute atomic E-state index is 0.120. The average Bonchev–Trinajstić information content (AvgIpc) is 2.44. The van der Waals surface area contributed by atoms with Crippen molar-refractivity contribution in [3.8, 4) is 0 Å². The van der Waals surface area contributed by atoms with E-state index < -0.39 is 0 Å². The summed E-state index contributed by atoms with van der Waals surface area (Å²) in [5, 5.41) is 6.25. The Morgan fingerprint density at radius 2 is 1.71 bits per heavy atom.